The zero-order valence-corrected chi connectivity index (χ0v) is 11.5. The minimum Gasteiger partial charge on any atom is -0.468 e. The van der Waals surface area contributed by atoms with Gasteiger partial charge in [0.1, 0.15) is 0 Å². The number of carbonyl (C=O) groups is 1. The number of pyridine rings is 1. The van der Waals surface area contributed by atoms with Crippen LogP contribution in [0.5, 0.6) is 0 Å². The first-order chi connectivity index (χ1) is 9.78. The summed E-state index contributed by atoms with van der Waals surface area (Å²) in [5.74, 6) is -0.239. The summed E-state index contributed by atoms with van der Waals surface area (Å²) in [6.45, 7) is 1.55. The van der Waals surface area contributed by atoms with Gasteiger partial charge >= 0.3 is 5.97 Å². The molecule has 0 atom stereocenters. The van der Waals surface area contributed by atoms with Crippen LogP contribution in [0.3, 0.4) is 0 Å². The Morgan fingerprint density at radius 2 is 1.85 bits per heavy atom. The Hall–Kier alpha value is -2.20. The summed E-state index contributed by atoms with van der Waals surface area (Å²) >= 11 is 0. The normalized spacial score (nSPS) is 10.5. The molecule has 1 aromatic carbocycles. The van der Waals surface area contributed by atoms with E-state index >= 15 is 0 Å². The third-order valence-corrected chi connectivity index (χ3v) is 2.94. The topological polar surface area (TPSA) is 42.4 Å². The van der Waals surface area contributed by atoms with E-state index in [-0.39, 0.29) is 12.5 Å². The third kappa shape index (κ3) is 4.48. The first-order valence-corrected chi connectivity index (χ1v) is 6.51. The van der Waals surface area contributed by atoms with Crippen LogP contribution in [-0.4, -0.2) is 29.5 Å². The SMILES string of the molecule is COC(=O)CN(Cc1ccccc1)Cc1ccccn1. The van der Waals surface area contributed by atoms with Crippen molar-refractivity contribution in [1.82, 2.24) is 9.88 Å². The van der Waals surface area contributed by atoms with Crippen LogP contribution in [0, 0.1) is 0 Å². The van der Waals surface area contributed by atoms with E-state index in [1.165, 1.54) is 7.11 Å². The van der Waals surface area contributed by atoms with Gasteiger partial charge in [0.05, 0.1) is 19.3 Å². The van der Waals surface area contributed by atoms with Gasteiger partial charge in [0.15, 0.2) is 0 Å². The smallest absolute Gasteiger partial charge is 0.319 e. The van der Waals surface area contributed by atoms with Crippen LogP contribution in [0.15, 0.2) is 54.7 Å². The summed E-state index contributed by atoms with van der Waals surface area (Å²) < 4.78 is 4.76. The van der Waals surface area contributed by atoms with E-state index in [2.05, 4.69) is 4.98 Å². The summed E-state index contributed by atoms with van der Waals surface area (Å²) in [4.78, 5) is 17.8. The van der Waals surface area contributed by atoms with Crippen molar-refractivity contribution in [3.05, 3.63) is 66.0 Å². The zero-order valence-electron chi connectivity index (χ0n) is 11.5. The summed E-state index contributed by atoms with van der Waals surface area (Å²) in [6.07, 6.45) is 1.76. The van der Waals surface area contributed by atoms with Crippen molar-refractivity contribution < 1.29 is 9.53 Å². The van der Waals surface area contributed by atoms with Crippen molar-refractivity contribution in [2.75, 3.05) is 13.7 Å². The maximum absolute atomic E-state index is 11.5. The van der Waals surface area contributed by atoms with E-state index in [1.54, 1.807) is 6.20 Å². The zero-order chi connectivity index (χ0) is 14.2. The van der Waals surface area contributed by atoms with E-state index in [0.29, 0.717) is 13.1 Å². The fraction of sp³-hybridized carbons (Fsp3) is 0.250. The molecule has 104 valence electrons. The number of ether oxygens (including phenoxy) is 1. The molecule has 0 aliphatic rings. The fourth-order valence-electron chi connectivity index (χ4n) is 1.98. The second-order valence-corrected chi connectivity index (χ2v) is 4.53. The molecule has 0 aliphatic carbocycles. The van der Waals surface area contributed by atoms with Crippen LogP contribution in [0.1, 0.15) is 11.3 Å². The second kappa shape index (κ2) is 7.40. The molecule has 0 saturated heterocycles. The molecule has 4 heteroatoms. The number of aromatic nitrogens is 1. The first-order valence-electron chi connectivity index (χ1n) is 6.51. The summed E-state index contributed by atoms with van der Waals surface area (Å²) in [5.41, 5.74) is 2.10. The molecule has 4 nitrogen and oxygen atoms in total. The van der Waals surface area contributed by atoms with E-state index in [0.717, 1.165) is 11.3 Å². The Morgan fingerprint density at radius 1 is 1.10 bits per heavy atom. The molecule has 2 rings (SSSR count). The second-order valence-electron chi connectivity index (χ2n) is 4.53. The van der Waals surface area contributed by atoms with Gasteiger partial charge in [-0.1, -0.05) is 36.4 Å². The summed E-state index contributed by atoms with van der Waals surface area (Å²) in [5, 5.41) is 0. The minimum absolute atomic E-state index is 0.239. The largest absolute Gasteiger partial charge is 0.468 e. The van der Waals surface area contributed by atoms with Crippen LogP contribution in [0.4, 0.5) is 0 Å². The van der Waals surface area contributed by atoms with E-state index in [4.69, 9.17) is 4.74 Å². The molecule has 0 amide bonds. The van der Waals surface area contributed by atoms with Crippen molar-refractivity contribution in [1.29, 1.82) is 0 Å². The molecular weight excluding hydrogens is 252 g/mol. The Balaban J connectivity index is 2.06. The van der Waals surface area contributed by atoms with Crippen LogP contribution in [0.2, 0.25) is 0 Å². The molecule has 0 saturated carbocycles. The number of hydrogen-bond acceptors (Lipinski definition) is 4. The predicted molar refractivity (Wildman–Crippen MR) is 76.8 cm³/mol. The number of hydrogen-bond donors (Lipinski definition) is 0. The van der Waals surface area contributed by atoms with Gasteiger partial charge in [0, 0.05) is 19.3 Å². The Labute approximate surface area is 119 Å². The molecule has 1 heterocycles. The average molecular weight is 270 g/mol. The molecule has 1 aromatic heterocycles. The van der Waals surface area contributed by atoms with Crippen LogP contribution in [-0.2, 0) is 22.6 Å². The van der Waals surface area contributed by atoms with E-state index in [1.807, 2.05) is 53.4 Å². The highest BCUT2D eigenvalue weighted by atomic mass is 16.5. The standard InChI is InChI=1S/C16H18N2O2/c1-20-16(19)13-18(11-14-7-3-2-4-8-14)12-15-9-5-6-10-17-15/h2-10H,11-13H2,1H3. The van der Waals surface area contributed by atoms with Gasteiger partial charge in [0.25, 0.3) is 0 Å². The van der Waals surface area contributed by atoms with Crippen LogP contribution >= 0.6 is 0 Å². The quantitative estimate of drug-likeness (QED) is 0.755. The average Bonchev–Trinajstić information content (AvgIpc) is 2.49. The first kappa shape index (κ1) is 14.2. The Bertz CT molecular complexity index is 487. The van der Waals surface area contributed by atoms with Gasteiger partial charge in [-0.3, -0.25) is 14.7 Å². The Kier molecular flexibility index (Phi) is 5.26. The van der Waals surface area contributed by atoms with E-state index in [9.17, 15) is 4.79 Å². The van der Waals surface area contributed by atoms with Gasteiger partial charge in [-0.15, -0.1) is 0 Å². The van der Waals surface area contributed by atoms with Crippen molar-refractivity contribution in [3.63, 3.8) is 0 Å². The lowest BCUT2D eigenvalue weighted by Crippen LogP contribution is -2.30. The lowest BCUT2D eigenvalue weighted by Gasteiger charge is -2.20. The van der Waals surface area contributed by atoms with E-state index < -0.39 is 0 Å². The van der Waals surface area contributed by atoms with Gasteiger partial charge in [-0.2, -0.15) is 0 Å². The summed E-state index contributed by atoms with van der Waals surface area (Å²) in [7, 11) is 1.41. The van der Waals surface area contributed by atoms with Crippen LogP contribution < -0.4 is 0 Å². The predicted octanol–water partition coefficient (Wildman–Crippen LogP) is 2.26. The van der Waals surface area contributed by atoms with Gasteiger partial charge in [-0.25, -0.2) is 0 Å². The maximum atomic E-state index is 11.5. The minimum atomic E-state index is -0.239. The monoisotopic (exact) mass is 270 g/mol. The lowest BCUT2D eigenvalue weighted by molar-refractivity contribution is -0.142. The van der Waals surface area contributed by atoms with Crippen molar-refractivity contribution in [2.45, 2.75) is 13.1 Å². The molecule has 0 aliphatic heterocycles. The molecule has 20 heavy (non-hydrogen) atoms. The third-order valence-electron chi connectivity index (χ3n) is 2.94. The van der Waals surface area contributed by atoms with Gasteiger partial charge < -0.3 is 4.74 Å². The molecule has 0 unspecified atom stereocenters. The van der Waals surface area contributed by atoms with Crippen molar-refractivity contribution in [2.24, 2.45) is 0 Å². The van der Waals surface area contributed by atoms with Gasteiger partial charge in [0.2, 0.25) is 0 Å². The highest BCUT2D eigenvalue weighted by molar-refractivity contribution is 5.71. The van der Waals surface area contributed by atoms with Crippen LogP contribution in [0.25, 0.3) is 0 Å². The highest BCUT2D eigenvalue weighted by Gasteiger charge is 2.12. The number of esters is 1. The highest BCUT2D eigenvalue weighted by Crippen LogP contribution is 2.08. The number of rotatable bonds is 6. The van der Waals surface area contributed by atoms with Crippen molar-refractivity contribution >= 4 is 5.97 Å². The molecule has 0 bridgehead atoms. The number of benzene rings is 1. The maximum Gasteiger partial charge on any atom is 0.319 e. The molecule has 0 N–H and O–H groups in total. The van der Waals surface area contributed by atoms with Gasteiger partial charge in [-0.05, 0) is 17.7 Å². The summed E-state index contributed by atoms with van der Waals surface area (Å²) in [6, 6.07) is 15.8. The lowest BCUT2D eigenvalue weighted by atomic mass is 10.2. The van der Waals surface area contributed by atoms with Crippen molar-refractivity contribution in [3.8, 4) is 0 Å². The molecule has 2 aromatic rings. The molecule has 0 fully saturated rings. The number of carbonyl (C=O) groups excluding carboxylic acids is 1. The Morgan fingerprint density at radius 3 is 2.50 bits per heavy atom. The molecule has 0 radical (unpaired) electrons. The molecule has 0 spiro atoms. The number of methoxy groups -OCH3 is 1. The fourth-order valence-corrected chi connectivity index (χ4v) is 1.98. The molecular formula is C16H18N2O2. The number of nitrogens with zero attached hydrogens (tertiary/aromatic N) is 2.